The number of aryl methyl sites for hydroxylation is 1. The maximum atomic E-state index is 12.0. The van der Waals surface area contributed by atoms with Gasteiger partial charge in [-0.1, -0.05) is 31.2 Å². The van der Waals surface area contributed by atoms with Crippen LogP contribution in [0.5, 0.6) is 0 Å². The molecule has 0 aliphatic carbocycles. The van der Waals surface area contributed by atoms with Crippen LogP contribution in [0.3, 0.4) is 0 Å². The summed E-state index contributed by atoms with van der Waals surface area (Å²) in [6.45, 7) is 5.56. The Labute approximate surface area is 99.5 Å². The number of hydrogen-bond acceptors (Lipinski definition) is 2. The first-order valence-corrected chi connectivity index (χ1v) is 6.88. The second kappa shape index (κ2) is 5.94. The van der Waals surface area contributed by atoms with Crippen LogP contribution in [0, 0.1) is 6.92 Å². The molecule has 0 saturated carbocycles. The van der Waals surface area contributed by atoms with Gasteiger partial charge in [-0.25, -0.2) is 0 Å². The van der Waals surface area contributed by atoms with Gasteiger partial charge in [-0.05, 0) is 25.0 Å². The minimum absolute atomic E-state index is 0.0758. The molecule has 3 heteroatoms. The minimum Gasteiger partial charge on any atom is -0.298 e. The SMILES string of the molecule is CCC(=O)C(C)S(=O)Cc1ccccc1C. The lowest BCUT2D eigenvalue weighted by molar-refractivity contribution is -0.118. The van der Waals surface area contributed by atoms with Crippen LogP contribution >= 0.6 is 0 Å². The number of benzene rings is 1. The van der Waals surface area contributed by atoms with Crippen LogP contribution in [0.4, 0.5) is 0 Å². The van der Waals surface area contributed by atoms with Gasteiger partial charge in [0, 0.05) is 23.0 Å². The lowest BCUT2D eigenvalue weighted by Gasteiger charge is -2.10. The summed E-state index contributed by atoms with van der Waals surface area (Å²) in [4.78, 5) is 11.4. The van der Waals surface area contributed by atoms with Gasteiger partial charge >= 0.3 is 0 Å². The zero-order chi connectivity index (χ0) is 12.1. The van der Waals surface area contributed by atoms with Gasteiger partial charge in [0.2, 0.25) is 0 Å². The molecule has 0 spiro atoms. The van der Waals surface area contributed by atoms with Crippen LogP contribution < -0.4 is 0 Å². The minimum atomic E-state index is -1.11. The molecule has 0 amide bonds. The van der Waals surface area contributed by atoms with Gasteiger partial charge in [0.1, 0.15) is 5.78 Å². The second-order valence-electron chi connectivity index (χ2n) is 3.91. The van der Waals surface area contributed by atoms with Crippen molar-refractivity contribution < 1.29 is 9.00 Å². The summed E-state index contributed by atoms with van der Waals surface area (Å²) in [6.07, 6.45) is 0.459. The molecule has 2 atom stereocenters. The van der Waals surface area contributed by atoms with Gasteiger partial charge in [-0.3, -0.25) is 9.00 Å². The molecule has 0 radical (unpaired) electrons. The normalized spacial score (nSPS) is 14.4. The van der Waals surface area contributed by atoms with Crippen molar-refractivity contribution in [2.45, 2.75) is 38.2 Å². The van der Waals surface area contributed by atoms with E-state index in [1.165, 1.54) is 0 Å². The van der Waals surface area contributed by atoms with Crippen molar-refractivity contribution in [2.75, 3.05) is 0 Å². The van der Waals surface area contributed by atoms with E-state index in [0.717, 1.165) is 11.1 Å². The van der Waals surface area contributed by atoms with Crippen molar-refractivity contribution >= 4 is 16.6 Å². The van der Waals surface area contributed by atoms with E-state index < -0.39 is 10.8 Å². The number of rotatable bonds is 5. The Kier molecular flexibility index (Phi) is 4.87. The first kappa shape index (κ1) is 13.1. The molecule has 0 heterocycles. The predicted octanol–water partition coefficient (Wildman–Crippen LogP) is 2.61. The molecule has 1 aromatic carbocycles. The highest BCUT2D eigenvalue weighted by Crippen LogP contribution is 2.13. The molecule has 1 rings (SSSR count). The molecule has 2 unspecified atom stereocenters. The molecule has 0 aliphatic rings. The highest BCUT2D eigenvalue weighted by atomic mass is 32.2. The van der Waals surface area contributed by atoms with Gasteiger partial charge in [-0.15, -0.1) is 0 Å². The molecule has 0 bridgehead atoms. The van der Waals surface area contributed by atoms with Gasteiger partial charge < -0.3 is 0 Å². The maximum Gasteiger partial charge on any atom is 0.147 e. The molecule has 16 heavy (non-hydrogen) atoms. The predicted molar refractivity (Wildman–Crippen MR) is 67.8 cm³/mol. The Hall–Kier alpha value is -0.960. The topological polar surface area (TPSA) is 34.1 Å². The third-order valence-electron chi connectivity index (χ3n) is 2.76. The smallest absolute Gasteiger partial charge is 0.147 e. The van der Waals surface area contributed by atoms with Gasteiger partial charge in [-0.2, -0.15) is 0 Å². The quantitative estimate of drug-likeness (QED) is 0.790. The largest absolute Gasteiger partial charge is 0.298 e. The first-order valence-electron chi connectivity index (χ1n) is 5.50. The fourth-order valence-corrected chi connectivity index (χ4v) is 2.82. The van der Waals surface area contributed by atoms with Crippen molar-refractivity contribution in [1.29, 1.82) is 0 Å². The van der Waals surface area contributed by atoms with E-state index in [2.05, 4.69) is 0 Å². The summed E-state index contributed by atoms with van der Waals surface area (Å²) < 4.78 is 12.0. The Morgan fingerprint density at radius 2 is 2.00 bits per heavy atom. The van der Waals surface area contributed by atoms with E-state index in [-0.39, 0.29) is 11.0 Å². The summed E-state index contributed by atoms with van der Waals surface area (Å²) in [5.74, 6) is 0.548. The van der Waals surface area contributed by atoms with Crippen LogP contribution in [0.2, 0.25) is 0 Å². The molecule has 0 aliphatic heterocycles. The lowest BCUT2D eigenvalue weighted by Crippen LogP contribution is -2.22. The van der Waals surface area contributed by atoms with E-state index in [1.54, 1.807) is 6.92 Å². The number of hydrogen-bond donors (Lipinski definition) is 0. The molecular weight excluding hydrogens is 220 g/mol. The van der Waals surface area contributed by atoms with E-state index in [9.17, 15) is 9.00 Å². The molecule has 0 aromatic heterocycles. The van der Waals surface area contributed by atoms with E-state index in [1.807, 2.05) is 38.1 Å². The van der Waals surface area contributed by atoms with E-state index >= 15 is 0 Å². The molecule has 2 nitrogen and oxygen atoms in total. The van der Waals surface area contributed by atoms with Crippen LogP contribution in [-0.4, -0.2) is 15.2 Å². The average molecular weight is 238 g/mol. The van der Waals surface area contributed by atoms with E-state index in [4.69, 9.17) is 0 Å². The Bertz CT molecular complexity index is 399. The number of carbonyl (C=O) groups excluding carboxylic acids is 1. The molecule has 0 fully saturated rings. The van der Waals surface area contributed by atoms with Crippen molar-refractivity contribution in [2.24, 2.45) is 0 Å². The number of ketones is 1. The average Bonchev–Trinajstić information content (AvgIpc) is 2.30. The molecule has 0 N–H and O–H groups in total. The summed E-state index contributed by atoms with van der Waals surface area (Å²) in [5, 5.41) is -0.357. The molecule has 88 valence electrons. The zero-order valence-electron chi connectivity index (χ0n) is 10.0. The third kappa shape index (κ3) is 3.27. The first-order chi connectivity index (χ1) is 7.56. The van der Waals surface area contributed by atoms with Crippen molar-refractivity contribution in [3.8, 4) is 0 Å². The standard InChI is InChI=1S/C13H18O2S/c1-4-13(14)11(3)16(15)9-12-8-6-5-7-10(12)2/h5-8,11H,4,9H2,1-3H3. The summed E-state index contributed by atoms with van der Waals surface area (Å²) in [7, 11) is -1.11. The van der Waals surface area contributed by atoms with E-state index in [0.29, 0.717) is 12.2 Å². The number of Topliss-reactive ketones (excluding diaryl/α,β-unsaturated/α-hetero) is 1. The highest BCUT2D eigenvalue weighted by molar-refractivity contribution is 7.85. The highest BCUT2D eigenvalue weighted by Gasteiger charge is 2.18. The molecular formula is C13H18O2S. The van der Waals surface area contributed by atoms with Crippen LogP contribution in [-0.2, 0) is 21.3 Å². The van der Waals surface area contributed by atoms with Crippen molar-refractivity contribution in [3.05, 3.63) is 35.4 Å². The van der Waals surface area contributed by atoms with Gasteiger partial charge in [0.05, 0.1) is 5.25 Å². The third-order valence-corrected chi connectivity index (χ3v) is 4.40. The summed E-state index contributed by atoms with van der Waals surface area (Å²) in [6, 6.07) is 7.86. The Morgan fingerprint density at radius 1 is 1.38 bits per heavy atom. The van der Waals surface area contributed by atoms with Crippen LogP contribution in [0.25, 0.3) is 0 Å². The van der Waals surface area contributed by atoms with Gasteiger partial charge in [0.25, 0.3) is 0 Å². The Morgan fingerprint density at radius 3 is 2.56 bits per heavy atom. The fourth-order valence-electron chi connectivity index (χ4n) is 1.48. The number of carbonyl (C=O) groups is 1. The monoisotopic (exact) mass is 238 g/mol. The van der Waals surface area contributed by atoms with Crippen molar-refractivity contribution in [3.63, 3.8) is 0 Å². The summed E-state index contributed by atoms with van der Waals surface area (Å²) in [5.41, 5.74) is 2.20. The fraction of sp³-hybridized carbons (Fsp3) is 0.462. The van der Waals surface area contributed by atoms with Crippen molar-refractivity contribution in [1.82, 2.24) is 0 Å². The second-order valence-corrected chi connectivity index (χ2v) is 5.67. The Balaban J connectivity index is 2.72. The van der Waals surface area contributed by atoms with Gasteiger partial charge in [0.15, 0.2) is 0 Å². The zero-order valence-corrected chi connectivity index (χ0v) is 10.8. The summed E-state index contributed by atoms with van der Waals surface area (Å²) >= 11 is 0. The van der Waals surface area contributed by atoms with Crippen LogP contribution in [0.15, 0.2) is 24.3 Å². The lowest BCUT2D eigenvalue weighted by atomic mass is 10.1. The molecule has 1 aromatic rings. The van der Waals surface area contributed by atoms with Crippen LogP contribution in [0.1, 0.15) is 31.4 Å². The maximum absolute atomic E-state index is 12.0. The molecule has 0 saturated heterocycles.